The molecular formula is C19H18FN7. The highest BCUT2D eigenvalue weighted by atomic mass is 19.1. The molecule has 0 N–H and O–H groups in total. The molecule has 0 saturated carbocycles. The van der Waals surface area contributed by atoms with Crippen LogP contribution < -0.4 is 9.80 Å². The lowest BCUT2D eigenvalue weighted by Gasteiger charge is -2.37. The molecule has 1 aromatic carbocycles. The standard InChI is InChI=1S/C19H18FN7/c1-14-5-6-27(24-14)18-11-17(22-13-23-18)25-7-9-26(10-8-25)19-15(12-21)3-2-4-16(19)20/h2-6,11,13H,7-10H2,1H3. The largest absolute Gasteiger partial charge is 0.365 e. The fraction of sp³-hybridized carbons (Fsp3) is 0.263. The van der Waals surface area contributed by atoms with Crippen LogP contribution in [-0.4, -0.2) is 45.9 Å². The van der Waals surface area contributed by atoms with Crippen molar-refractivity contribution in [3.05, 3.63) is 59.9 Å². The van der Waals surface area contributed by atoms with Crippen LogP contribution in [0.1, 0.15) is 11.3 Å². The van der Waals surface area contributed by atoms with Gasteiger partial charge in [-0.25, -0.2) is 19.0 Å². The van der Waals surface area contributed by atoms with Crippen LogP contribution in [0.3, 0.4) is 0 Å². The summed E-state index contributed by atoms with van der Waals surface area (Å²) in [6.45, 7) is 4.49. The Hall–Kier alpha value is -3.47. The van der Waals surface area contributed by atoms with Crippen LogP contribution in [0, 0.1) is 24.1 Å². The molecule has 3 aromatic rings. The summed E-state index contributed by atoms with van der Waals surface area (Å²) >= 11 is 0. The maximum Gasteiger partial charge on any atom is 0.158 e. The number of benzene rings is 1. The molecule has 2 aromatic heterocycles. The first kappa shape index (κ1) is 17.0. The van der Waals surface area contributed by atoms with Gasteiger partial charge in [-0.05, 0) is 25.1 Å². The first-order chi connectivity index (χ1) is 13.2. The van der Waals surface area contributed by atoms with Crippen molar-refractivity contribution in [2.75, 3.05) is 36.0 Å². The van der Waals surface area contributed by atoms with E-state index in [1.54, 1.807) is 16.8 Å². The highest BCUT2D eigenvalue weighted by Gasteiger charge is 2.23. The van der Waals surface area contributed by atoms with Crippen LogP contribution in [0.15, 0.2) is 42.9 Å². The first-order valence-electron chi connectivity index (χ1n) is 8.69. The lowest BCUT2D eigenvalue weighted by atomic mass is 10.1. The number of nitrogens with zero attached hydrogens (tertiary/aromatic N) is 7. The summed E-state index contributed by atoms with van der Waals surface area (Å²) in [5, 5.41) is 13.6. The Bertz CT molecular complexity index is 999. The van der Waals surface area contributed by atoms with Gasteiger partial charge in [-0.3, -0.25) is 0 Å². The van der Waals surface area contributed by atoms with Crippen molar-refractivity contribution in [1.82, 2.24) is 19.7 Å². The van der Waals surface area contributed by atoms with Gasteiger partial charge in [-0.2, -0.15) is 10.4 Å². The Balaban J connectivity index is 1.51. The molecule has 1 aliphatic rings. The molecule has 0 atom stereocenters. The Labute approximate surface area is 156 Å². The molecule has 1 aliphatic heterocycles. The minimum Gasteiger partial charge on any atom is -0.365 e. The molecule has 1 fully saturated rings. The SMILES string of the molecule is Cc1ccn(-c2cc(N3CCN(c4c(F)cccc4C#N)CC3)ncn2)n1. The van der Waals surface area contributed by atoms with E-state index in [1.807, 2.05) is 30.2 Å². The van der Waals surface area contributed by atoms with Crippen molar-refractivity contribution >= 4 is 11.5 Å². The van der Waals surface area contributed by atoms with Crippen molar-refractivity contribution < 1.29 is 4.39 Å². The van der Waals surface area contributed by atoms with Gasteiger partial charge in [-0.1, -0.05) is 6.07 Å². The van der Waals surface area contributed by atoms with E-state index in [1.165, 1.54) is 12.4 Å². The summed E-state index contributed by atoms with van der Waals surface area (Å²) in [6, 6.07) is 10.5. The van der Waals surface area contributed by atoms with E-state index in [0.29, 0.717) is 43.2 Å². The van der Waals surface area contributed by atoms with Gasteiger partial charge in [-0.15, -0.1) is 0 Å². The van der Waals surface area contributed by atoms with E-state index in [-0.39, 0.29) is 5.82 Å². The van der Waals surface area contributed by atoms with Crippen molar-refractivity contribution in [1.29, 1.82) is 5.26 Å². The molecule has 3 heterocycles. The fourth-order valence-corrected chi connectivity index (χ4v) is 3.26. The zero-order valence-electron chi connectivity index (χ0n) is 14.9. The van der Waals surface area contributed by atoms with Gasteiger partial charge < -0.3 is 9.80 Å². The number of aromatic nitrogens is 4. The minimum absolute atomic E-state index is 0.360. The fourth-order valence-electron chi connectivity index (χ4n) is 3.26. The molecular weight excluding hydrogens is 345 g/mol. The third-order valence-corrected chi connectivity index (χ3v) is 4.62. The number of halogens is 1. The van der Waals surface area contributed by atoms with Gasteiger partial charge in [0.05, 0.1) is 16.9 Å². The number of rotatable bonds is 3. The van der Waals surface area contributed by atoms with Crippen molar-refractivity contribution in [2.45, 2.75) is 6.92 Å². The zero-order chi connectivity index (χ0) is 18.8. The summed E-state index contributed by atoms with van der Waals surface area (Å²) in [4.78, 5) is 12.7. The summed E-state index contributed by atoms with van der Waals surface area (Å²) in [7, 11) is 0. The predicted molar refractivity (Wildman–Crippen MR) is 99.4 cm³/mol. The van der Waals surface area contributed by atoms with Crippen molar-refractivity contribution in [2.24, 2.45) is 0 Å². The Kier molecular flexibility index (Phi) is 4.42. The Morgan fingerprint density at radius 1 is 1.04 bits per heavy atom. The minimum atomic E-state index is -0.360. The third kappa shape index (κ3) is 3.31. The van der Waals surface area contributed by atoms with Crippen LogP contribution in [-0.2, 0) is 0 Å². The molecule has 0 unspecified atom stereocenters. The van der Waals surface area contributed by atoms with Crippen molar-refractivity contribution in [3.63, 3.8) is 0 Å². The second-order valence-electron chi connectivity index (χ2n) is 6.36. The second-order valence-corrected chi connectivity index (χ2v) is 6.36. The average Bonchev–Trinajstić information content (AvgIpc) is 3.14. The summed E-state index contributed by atoms with van der Waals surface area (Å²) in [6.07, 6.45) is 3.39. The molecule has 27 heavy (non-hydrogen) atoms. The number of aryl methyl sites for hydroxylation is 1. The predicted octanol–water partition coefficient (Wildman–Crippen LogP) is 2.31. The van der Waals surface area contributed by atoms with Gasteiger partial charge in [0.15, 0.2) is 5.82 Å². The van der Waals surface area contributed by atoms with Gasteiger partial charge in [0.1, 0.15) is 24.0 Å². The van der Waals surface area contributed by atoms with Crippen LogP contribution in [0.5, 0.6) is 0 Å². The number of para-hydroxylation sites is 1. The zero-order valence-corrected chi connectivity index (χ0v) is 14.9. The average molecular weight is 363 g/mol. The summed E-state index contributed by atoms with van der Waals surface area (Å²) in [5.74, 6) is 1.15. The van der Waals surface area contributed by atoms with Crippen LogP contribution in [0.4, 0.5) is 15.9 Å². The molecule has 7 nitrogen and oxygen atoms in total. The third-order valence-electron chi connectivity index (χ3n) is 4.62. The van der Waals surface area contributed by atoms with E-state index in [0.717, 1.165) is 11.5 Å². The van der Waals surface area contributed by atoms with E-state index in [9.17, 15) is 9.65 Å². The number of piperazine rings is 1. The lowest BCUT2D eigenvalue weighted by molar-refractivity contribution is 0.595. The highest BCUT2D eigenvalue weighted by molar-refractivity contribution is 5.61. The molecule has 136 valence electrons. The van der Waals surface area contributed by atoms with E-state index in [4.69, 9.17) is 0 Å². The number of anilines is 2. The summed E-state index contributed by atoms with van der Waals surface area (Å²) < 4.78 is 16.0. The van der Waals surface area contributed by atoms with Gasteiger partial charge in [0, 0.05) is 38.4 Å². The number of hydrogen-bond donors (Lipinski definition) is 0. The van der Waals surface area contributed by atoms with Gasteiger partial charge in [0.25, 0.3) is 0 Å². The molecule has 4 rings (SSSR count). The Morgan fingerprint density at radius 3 is 2.48 bits per heavy atom. The maximum absolute atomic E-state index is 14.2. The normalized spacial score (nSPS) is 14.3. The molecule has 0 amide bonds. The molecule has 0 bridgehead atoms. The van der Waals surface area contributed by atoms with Crippen molar-refractivity contribution in [3.8, 4) is 11.9 Å². The Morgan fingerprint density at radius 2 is 1.78 bits per heavy atom. The van der Waals surface area contributed by atoms with Crippen LogP contribution in [0.2, 0.25) is 0 Å². The number of nitriles is 1. The monoisotopic (exact) mass is 363 g/mol. The van der Waals surface area contributed by atoms with Crippen LogP contribution in [0.25, 0.3) is 5.82 Å². The van der Waals surface area contributed by atoms with Gasteiger partial charge >= 0.3 is 0 Å². The molecule has 0 spiro atoms. The molecule has 0 aliphatic carbocycles. The van der Waals surface area contributed by atoms with Gasteiger partial charge in [0.2, 0.25) is 0 Å². The lowest BCUT2D eigenvalue weighted by Crippen LogP contribution is -2.47. The van der Waals surface area contributed by atoms with Crippen LogP contribution >= 0.6 is 0 Å². The molecule has 1 saturated heterocycles. The van der Waals surface area contributed by atoms with E-state index in [2.05, 4.69) is 26.0 Å². The number of hydrogen-bond acceptors (Lipinski definition) is 6. The highest BCUT2D eigenvalue weighted by Crippen LogP contribution is 2.26. The van der Waals surface area contributed by atoms with E-state index >= 15 is 0 Å². The van der Waals surface area contributed by atoms with E-state index < -0.39 is 0 Å². The quantitative estimate of drug-likeness (QED) is 0.711. The smallest absolute Gasteiger partial charge is 0.158 e. The second kappa shape index (κ2) is 7.03. The molecule has 0 radical (unpaired) electrons. The topological polar surface area (TPSA) is 73.9 Å². The first-order valence-corrected chi connectivity index (χ1v) is 8.69. The maximum atomic E-state index is 14.2. The summed E-state index contributed by atoms with van der Waals surface area (Å²) in [5.41, 5.74) is 1.67. The molecule has 8 heteroatoms.